The van der Waals surface area contributed by atoms with Crippen molar-refractivity contribution in [2.75, 3.05) is 6.54 Å². The van der Waals surface area contributed by atoms with Gasteiger partial charge in [0.05, 0.1) is 0 Å². The van der Waals surface area contributed by atoms with E-state index in [0.29, 0.717) is 6.42 Å². The van der Waals surface area contributed by atoms with Crippen LogP contribution in [0, 0.1) is 0 Å². The van der Waals surface area contributed by atoms with Gasteiger partial charge < -0.3 is 11.1 Å². The van der Waals surface area contributed by atoms with E-state index in [2.05, 4.69) is 26.1 Å². The number of carbonyl (C=O) groups excluding carboxylic acids is 3. The first kappa shape index (κ1) is 18.0. The van der Waals surface area contributed by atoms with Gasteiger partial charge in [-0.15, -0.1) is 0 Å². The summed E-state index contributed by atoms with van der Waals surface area (Å²) in [5, 5.41) is 2.76. The van der Waals surface area contributed by atoms with Crippen LogP contribution < -0.4 is 11.1 Å². The number of hydrogen-bond donors (Lipinski definition) is 2. The van der Waals surface area contributed by atoms with E-state index in [1.54, 1.807) is 6.92 Å². The molecule has 1 heterocycles. The van der Waals surface area contributed by atoms with Gasteiger partial charge in [0.2, 0.25) is 5.91 Å². The Balaban J connectivity index is 2.19. The van der Waals surface area contributed by atoms with Gasteiger partial charge in [0, 0.05) is 13.0 Å². The van der Waals surface area contributed by atoms with Crippen molar-refractivity contribution in [3.05, 3.63) is 35.4 Å². The highest BCUT2D eigenvalue weighted by Gasteiger charge is 2.48. The smallest absolute Gasteiger partial charge is 0.325 e. The van der Waals surface area contributed by atoms with Crippen molar-refractivity contribution in [1.82, 2.24) is 10.2 Å². The molecule has 2 rings (SSSR count). The third-order valence-corrected chi connectivity index (χ3v) is 4.41. The third kappa shape index (κ3) is 3.42. The average Bonchev–Trinajstić information content (AvgIpc) is 2.70. The molecule has 24 heavy (non-hydrogen) atoms. The molecule has 130 valence electrons. The summed E-state index contributed by atoms with van der Waals surface area (Å²) in [6.45, 7) is 8.24. The van der Waals surface area contributed by atoms with E-state index in [0.717, 1.165) is 16.0 Å². The van der Waals surface area contributed by atoms with Crippen molar-refractivity contribution in [3.8, 4) is 0 Å². The Hall–Kier alpha value is -2.37. The summed E-state index contributed by atoms with van der Waals surface area (Å²) in [5.41, 5.74) is 5.93. The van der Waals surface area contributed by atoms with Crippen molar-refractivity contribution in [1.29, 1.82) is 0 Å². The fourth-order valence-electron chi connectivity index (χ4n) is 2.81. The molecule has 1 unspecified atom stereocenters. The van der Waals surface area contributed by atoms with Gasteiger partial charge in [0.1, 0.15) is 5.54 Å². The normalized spacial score (nSPS) is 21.1. The molecule has 0 aliphatic carbocycles. The number of nitrogens with zero attached hydrogens (tertiary/aromatic N) is 1. The van der Waals surface area contributed by atoms with Crippen LogP contribution in [0.1, 0.15) is 51.7 Å². The van der Waals surface area contributed by atoms with Crippen LogP contribution >= 0.6 is 0 Å². The number of imide groups is 1. The minimum absolute atomic E-state index is 0.0170. The summed E-state index contributed by atoms with van der Waals surface area (Å²) in [7, 11) is 0. The van der Waals surface area contributed by atoms with Crippen molar-refractivity contribution < 1.29 is 14.4 Å². The lowest BCUT2D eigenvalue weighted by Crippen LogP contribution is -2.41. The van der Waals surface area contributed by atoms with Gasteiger partial charge in [-0.3, -0.25) is 14.5 Å². The van der Waals surface area contributed by atoms with Crippen LogP contribution in [-0.4, -0.2) is 29.3 Å². The molecule has 0 radical (unpaired) electrons. The number of nitrogens with one attached hydrogen (secondary N) is 1. The lowest BCUT2D eigenvalue weighted by molar-refractivity contribution is -0.131. The second kappa shape index (κ2) is 6.26. The SMILES string of the molecule is CC(C)(C)c1ccc(C2(C)NC(=O)N(CCCC(N)=O)C2=O)cc1. The molecule has 0 bridgehead atoms. The van der Waals surface area contributed by atoms with Crippen LogP contribution in [0.4, 0.5) is 4.79 Å². The lowest BCUT2D eigenvalue weighted by Gasteiger charge is -2.24. The molecule has 1 aromatic rings. The predicted molar refractivity (Wildman–Crippen MR) is 91.2 cm³/mol. The van der Waals surface area contributed by atoms with E-state index < -0.39 is 17.5 Å². The first-order chi connectivity index (χ1) is 11.1. The predicted octanol–water partition coefficient (Wildman–Crippen LogP) is 2.02. The molecule has 6 nitrogen and oxygen atoms in total. The van der Waals surface area contributed by atoms with Crippen LogP contribution in [0.5, 0.6) is 0 Å². The number of rotatable bonds is 5. The lowest BCUT2D eigenvalue weighted by atomic mass is 9.84. The van der Waals surface area contributed by atoms with Crippen molar-refractivity contribution >= 4 is 17.8 Å². The van der Waals surface area contributed by atoms with E-state index in [9.17, 15) is 14.4 Å². The zero-order valence-electron chi connectivity index (χ0n) is 14.7. The monoisotopic (exact) mass is 331 g/mol. The Morgan fingerprint density at radius 2 is 1.79 bits per heavy atom. The zero-order valence-corrected chi connectivity index (χ0v) is 14.7. The van der Waals surface area contributed by atoms with E-state index in [-0.39, 0.29) is 24.3 Å². The maximum atomic E-state index is 12.7. The summed E-state index contributed by atoms with van der Waals surface area (Å²) in [6, 6.07) is 7.29. The van der Waals surface area contributed by atoms with Crippen LogP contribution in [0.3, 0.4) is 0 Å². The molecule has 0 aromatic heterocycles. The van der Waals surface area contributed by atoms with Crippen molar-refractivity contribution in [2.24, 2.45) is 5.73 Å². The molecule has 1 aliphatic heterocycles. The molecule has 4 amide bonds. The number of amides is 4. The number of primary amides is 1. The van der Waals surface area contributed by atoms with E-state index >= 15 is 0 Å². The second-order valence-electron chi connectivity index (χ2n) is 7.41. The molecule has 1 atom stereocenters. The first-order valence-corrected chi connectivity index (χ1v) is 8.09. The first-order valence-electron chi connectivity index (χ1n) is 8.09. The molecule has 1 aromatic carbocycles. The van der Waals surface area contributed by atoms with Gasteiger partial charge in [-0.05, 0) is 29.9 Å². The molecule has 1 aliphatic rings. The summed E-state index contributed by atoms with van der Waals surface area (Å²) < 4.78 is 0. The molecular formula is C18H25N3O3. The minimum atomic E-state index is -1.08. The standard InChI is InChI=1S/C18H25N3O3/c1-17(2,3)12-7-9-13(10-8-12)18(4)15(23)21(16(24)20-18)11-5-6-14(19)22/h7-10H,5-6,11H2,1-4H3,(H2,19,22)(H,20,24). The van der Waals surface area contributed by atoms with Crippen LogP contribution in [-0.2, 0) is 20.5 Å². The van der Waals surface area contributed by atoms with Gasteiger partial charge >= 0.3 is 6.03 Å². The number of nitrogens with two attached hydrogens (primary N) is 1. The van der Waals surface area contributed by atoms with Crippen molar-refractivity contribution in [3.63, 3.8) is 0 Å². The van der Waals surface area contributed by atoms with Crippen LogP contribution in [0.2, 0.25) is 0 Å². The van der Waals surface area contributed by atoms with Gasteiger partial charge in [-0.25, -0.2) is 4.79 Å². The van der Waals surface area contributed by atoms with E-state index in [4.69, 9.17) is 5.73 Å². The summed E-state index contributed by atoms with van der Waals surface area (Å²) in [4.78, 5) is 36.8. The highest BCUT2D eigenvalue weighted by molar-refractivity contribution is 6.07. The fourth-order valence-corrected chi connectivity index (χ4v) is 2.81. The van der Waals surface area contributed by atoms with Gasteiger partial charge in [0.25, 0.3) is 5.91 Å². The Labute approximate surface area is 142 Å². The molecule has 0 saturated carbocycles. The summed E-state index contributed by atoms with van der Waals surface area (Å²) >= 11 is 0. The highest BCUT2D eigenvalue weighted by Crippen LogP contribution is 2.31. The molecule has 1 fully saturated rings. The topological polar surface area (TPSA) is 92.5 Å². The number of benzene rings is 1. The van der Waals surface area contributed by atoms with Gasteiger partial charge in [-0.1, -0.05) is 45.0 Å². The second-order valence-corrected chi connectivity index (χ2v) is 7.41. The molecule has 3 N–H and O–H groups in total. The summed E-state index contributed by atoms with van der Waals surface area (Å²) in [5.74, 6) is -0.747. The highest BCUT2D eigenvalue weighted by atomic mass is 16.2. The largest absolute Gasteiger partial charge is 0.370 e. The van der Waals surface area contributed by atoms with Crippen molar-refractivity contribution in [2.45, 2.75) is 51.5 Å². The number of urea groups is 1. The molecule has 0 spiro atoms. The third-order valence-electron chi connectivity index (χ3n) is 4.41. The Morgan fingerprint density at radius 1 is 1.21 bits per heavy atom. The van der Waals surface area contributed by atoms with E-state index in [1.165, 1.54) is 0 Å². The Kier molecular flexibility index (Phi) is 4.69. The maximum absolute atomic E-state index is 12.7. The summed E-state index contributed by atoms with van der Waals surface area (Å²) in [6.07, 6.45) is 0.515. The maximum Gasteiger partial charge on any atom is 0.325 e. The number of carbonyl (C=O) groups is 3. The quantitative estimate of drug-likeness (QED) is 0.808. The molecule has 6 heteroatoms. The minimum Gasteiger partial charge on any atom is -0.370 e. The van der Waals surface area contributed by atoms with E-state index in [1.807, 2.05) is 24.3 Å². The molecule has 1 saturated heterocycles. The molecular weight excluding hydrogens is 306 g/mol. The number of hydrogen-bond acceptors (Lipinski definition) is 3. The van der Waals surface area contributed by atoms with Crippen LogP contribution in [0.25, 0.3) is 0 Å². The fraction of sp³-hybridized carbons (Fsp3) is 0.500. The Morgan fingerprint density at radius 3 is 2.29 bits per heavy atom. The Bertz CT molecular complexity index is 661. The van der Waals surface area contributed by atoms with Crippen LogP contribution in [0.15, 0.2) is 24.3 Å². The average molecular weight is 331 g/mol. The van der Waals surface area contributed by atoms with Gasteiger partial charge in [0.15, 0.2) is 0 Å². The van der Waals surface area contributed by atoms with Gasteiger partial charge in [-0.2, -0.15) is 0 Å². The zero-order chi connectivity index (χ0) is 18.1.